The van der Waals surface area contributed by atoms with Crippen LogP contribution in [0.1, 0.15) is 18.1 Å². The van der Waals surface area contributed by atoms with Gasteiger partial charge in [-0.3, -0.25) is 14.5 Å². The summed E-state index contributed by atoms with van der Waals surface area (Å²) in [6.45, 7) is 2.79. The second-order valence-corrected chi connectivity index (χ2v) is 10.2. The Balaban J connectivity index is 1.98. The molecule has 7 nitrogen and oxygen atoms in total. The molecule has 1 saturated heterocycles. The van der Waals surface area contributed by atoms with Crippen molar-refractivity contribution in [3.63, 3.8) is 0 Å². The van der Waals surface area contributed by atoms with Crippen molar-refractivity contribution in [1.82, 2.24) is 9.62 Å². The number of carbonyl (C=O) groups excluding carboxylic acids is 2. The molecule has 0 bridgehead atoms. The Morgan fingerprint density at radius 2 is 1.87 bits per heavy atom. The summed E-state index contributed by atoms with van der Waals surface area (Å²) in [5, 5.41) is 3.23. The van der Waals surface area contributed by atoms with Gasteiger partial charge in [-0.1, -0.05) is 23.7 Å². The van der Waals surface area contributed by atoms with E-state index in [2.05, 4.69) is 5.32 Å². The molecule has 0 saturated carbocycles. The number of piperazine rings is 1. The van der Waals surface area contributed by atoms with Gasteiger partial charge in [0.25, 0.3) is 0 Å². The van der Waals surface area contributed by atoms with Crippen LogP contribution in [0.25, 0.3) is 0 Å². The lowest BCUT2D eigenvalue weighted by Gasteiger charge is -2.47. The highest BCUT2D eigenvalue weighted by Crippen LogP contribution is 2.34. The van der Waals surface area contributed by atoms with Gasteiger partial charge in [0.1, 0.15) is 11.4 Å². The third kappa shape index (κ3) is 4.89. The topological polar surface area (TPSA) is 86.8 Å². The van der Waals surface area contributed by atoms with E-state index >= 15 is 0 Å². The molecule has 10 heteroatoms. The number of halogens is 2. The maximum absolute atomic E-state index is 13.3. The molecular weight excluding hydrogens is 445 g/mol. The average molecular weight is 468 g/mol. The number of rotatable bonds is 5. The fourth-order valence-electron chi connectivity index (χ4n) is 3.62. The first kappa shape index (κ1) is 23.2. The van der Waals surface area contributed by atoms with Gasteiger partial charge >= 0.3 is 0 Å². The van der Waals surface area contributed by atoms with Crippen molar-refractivity contribution in [3.05, 3.63) is 64.4 Å². The number of nitrogens with zero attached hydrogens (tertiary/aromatic N) is 2. The summed E-state index contributed by atoms with van der Waals surface area (Å²) in [6, 6.07) is 10.5. The van der Waals surface area contributed by atoms with E-state index in [4.69, 9.17) is 11.6 Å². The fourth-order valence-corrected chi connectivity index (χ4v) is 4.68. The summed E-state index contributed by atoms with van der Waals surface area (Å²) < 4.78 is 38.5. The number of sulfonamides is 1. The Morgan fingerprint density at radius 1 is 1.23 bits per heavy atom. The van der Waals surface area contributed by atoms with Crippen molar-refractivity contribution in [2.24, 2.45) is 0 Å². The van der Waals surface area contributed by atoms with Crippen molar-refractivity contribution in [3.8, 4) is 0 Å². The largest absolute Gasteiger partial charge is 0.350 e. The van der Waals surface area contributed by atoms with Gasteiger partial charge in [0.2, 0.25) is 21.8 Å². The quantitative estimate of drug-likeness (QED) is 0.731. The minimum atomic E-state index is -3.71. The standard InChI is InChI=1S/C21H23ClFN3O4S/c1-14-10-16(22)6-9-18(14)26-19(27)12-25(31(3,29)30)13-21(26,2)20(28)24-11-15-4-7-17(23)8-5-15/h4-10H,11-13H2,1-3H3,(H,24,28)/t21-/m1/s1. The van der Waals surface area contributed by atoms with Crippen LogP contribution in [-0.2, 0) is 26.2 Å². The number of aryl methyl sites for hydroxylation is 1. The first-order chi connectivity index (χ1) is 14.4. The van der Waals surface area contributed by atoms with Crippen LogP contribution in [-0.4, -0.2) is 49.4 Å². The Morgan fingerprint density at radius 3 is 2.45 bits per heavy atom. The first-order valence-corrected chi connectivity index (χ1v) is 11.7. The normalized spacial score (nSPS) is 20.0. The lowest BCUT2D eigenvalue weighted by atomic mass is 9.93. The molecule has 31 heavy (non-hydrogen) atoms. The van der Waals surface area contributed by atoms with E-state index in [9.17, 15) is 22.4 Å². The third-order valence-electron chi connectivity index (χ3n) is 5.26. The van der Waals surface area contributed by atoms with Gasteiger partial charge in [-0.05, 0) is 55.3 Å². The van der Waals surface area contributed by atoms with Gasteiger partial charge in [0.15, 0.2) is 0 Å². The van der Waals surface area contributed by atoms with Crippen LogP contribution in [0.4, 0.5) is 10.1 Å². The van der Waals surface area contributed by atoms with Crippen LogP contribution in [0.3, 0.4) is 0 Å². The molecule has 0 aromatic heterocycles. The molecule has 3 rings (SSSR count). The fraction of sp³-hybridized carbons (Fsp3) is 0.333. The molecule has 166 valence electrons. The molecule has 1 fully saturated rings. The number of nitrogens with one attached hydrogen (secondary N) is 1. The van der Waals surface area contributed by atoms with Crippen LogP contribution in [0.2, 0.25) is 5.02 Å². The molecule has 1 aliphatic rings. The van der Waals surface area contributed by atoms with E-state index < -0.39 is 33.2 Å². The SMILES string of the molecule is Cc1cc(Cl)ccc1N1C(=O)CN(S(C)(=O)=O)C[C@]1(C)C(=O)NCc1ccc(F)cc1. The molecule has 2 aromatic rings. The Kier molecular flexibility index (Phi) is 6.40. The Labute approximate surface area is 185 Å². The predicted molar refractivity (Wildman–Crippen MR) is 117 cm³/mol. The maximum Gasteiger partial charge on any atom is 0.247 e. The van der Waals surface area contributed by atoms with E-state index in [0.717, 1.165) is 10.6 Å². The monoisotopic (exact) mass is 467 g/mol. The lowest BCUT2D eigenvalue weighted by Crippen LogP contribution is -2.70. The first-order valence-electron chi connectivity index (χ1n) is 9.49. The summed E-state index contributed by atoms with van der Waals surface area (Å²) in [7, 11) is -3.71. The second-order valence-electron chi connectivity index (χ2n) is 7.77. The minimum Gasteiger partial charge on any atom is -0.350 e. The van der Waals surface area contributed by atoms with Crippen molar-refractivity contribution in [1.29, 1.82) is 0 Å². The van der Waals surface area contributed by atoms with Gasteiger partial charge in [-0.15, -0.1) is 0 Å². The van der Waals surface area contributed by atoms with Crippen LogP contribution < -0.4 is 10.2 Å². The van der Waals surface area contributed by atoms with Crippen LogP contribution >= 0.6 is 11.6 Å². The molecule has 1 heterocycles. The van der Waals surface area contributed by atoms with E-state index in [-0.39, 0.29) is 19.6 Å². The van der Waals surface area contributed by atoms with Crippen LogP contribution in [0, 0.1) is 12.7 Å². The van der Waals surface area contributed by atoms with Crippen molar-refractivity contribution in [2.45, 2.75) is 25.9 Å². The van der Waals surface area contributed by atoms with Crippen LogP contribution in [0.15, 0.2) is 42.5 Å². The molecule has 0 spiro atoms. The van der Waals surface area contributed by atoms with Crippen molar-refractivity contribution >= 4 is 39.1 Å². The van der Waals surface area contributed by atoms with Crippen LogP contribution in [0.5, 0.6) is 0 Å². The number of carbonyl (C=O) groups is 2. The molecule has 1 N–H and O–H groups in total. The summed E-state index contributed by atoms with van der Waals surface area (Å²) in [5.41, 5.74) is 0.291. The summed E-state index contributed by atoms with van der Waals surface area (Å²) in [4.78, 5) is 27.7. The van der Waals surface area contributed by atoms with E-state index in [1.54, 1.807) is 25.1 Å². The molecule has 2 aromatic carbocycles. The zero-order valence-corrected chi connectivity index (χ0v) is 18.9. The molecule has 0 radical (unpaired) electrons. The number of amides is 2. The highest BCUT2D eigenvalue weighted by atomic mass is 35.5. The Hall–Kier alpha value is -2.49. The number of hydrogen-bond donors (Lipinski definition) is 1. The second kappa shape index (κ2) is 8.57. The zero-order chi connectivity index (χ0) is 23.0. The molecule has 1 aliphatic heterocycles. The van der Waals surface area contributed by atoms with Gasteiger partial charge in [0.05, 0.1) is 12.8 Å². The molecular formula is C21H23ClFN3O4S. The highest BCUT2D eigenvalue weighted by Gasteiger charge is 2.50. The summed E-state index contributed by atoms with van der Waals surface area (Å²) in [5.74, 6) is -1.46. The molecule has 0 aliphatic carbocycles. The predicted octanol–water partition coefficient (Wildman–Crippen LogP) is 2.47. The summed E-state index contributed by atoms with van der Waals surface area (Å²) in [6.07, 6.45) is 1.00. The Bertz CT molecular complexity index is 1120. The van der Waals surface area contributed by atoms with Gasteiger partial charge in [-0.2, -0.15) is 4.31 Å². The van der Waals surface area contributed by atoms with Crippen molar-refractivity contribution < 1.29 is 22.4 Å². The number of benzene rings is 2. The molecule has 0 unspecified atom stereocenters. The van der Waals surface area contributed by atoms with Crippen molar-refractivity contribution in [2.75, 3.05) is 24.2 Å². The molecule has 1 atom stereocenters. The van der Waals surface area contributed by atoms with E-state index in [1.807, 2.05) is 0 Å². The van der Waals surface area contributed by atoms with Gasteiger partial charge < -0.3 is 5.32 Å². The number of anilines is 1. The average Bonchev–Trinajstić information content (AvgIpc) is 2.67. The third-order valence-corrected chi connectivity index (χ3v) is 6.69. The number of hydrogen-bond acceptors (Lipinski definition) is 4. The molecule has 2 amide bonds. The van der Waals surface area contributed by atoms with E-state index in [1.165, 1.54) is 36.1 Å². The summed E-state index contributed by atoms with van der Waals surface area (Å²) >= 11 is 6.04. The highest BCUT2D eigenvalue weighted by molar-refractivity contribution is 7.88. The minimum absolute atomic E-state index is 0.0925. The van der Waals surface area contributed by atoms with E-state index in [0.29, 0.717) is 21.8 Å². The van der Waals surface area contributed by atoms with Gasteiger partial charge in [0, 0.05) is 23.8 Å². The smallest absolute Gasteiger partial charge is 0.247 e. The maximum atomic E-state index is 13.3. The lowest BCUT2D eigenvalue weighted by molar-refractivity contribution is -0.133. The zero-order valence-electron chi connectivity index (χ0n) is 17.4. The van der Waals surface area contributed by atoms with Gasteiger partial charge in [-0.25, -0.2) is 12.8 Å².